The molecule has 0 aliphatic carbocycles. The number of ketones is 1. The molecule has 2 aliphatic rings. The number of imide groups is 1. The summed E-state index contributed by atoms with van der Waals surface area (Å²) in [7, 11) is 0. The lowest BCUT2D eigenvalue weighted by Gasteiger charge is -2.28. The van der Waals surface area contributed by atoms with Crippen LogP contribution in [-0.2, 0) is 4.79 Å². The molecule has 26 heavy (non-hydrogen) atoms. The first kappa shape index (κ1) is 18.5. The van der Waals surface area contributed by atoms with Crippen molar-refractivity contribution in [2.75, 3.05) is 0 Å². The zero-order chi connectivity index (χ0) is 19.3. The second-order valence-electron chi connectivity index (χ2n) is 8.08. The minimum atomic E-state index is -0.822. The third kappa shape index (κ3) is 3.10. The zero-order valence-corrected chi connectivity index (χ0v) is 15.6. The van der Waals surface area contributed by atoms with Gasteiger partial charge in [-0.1, -0.05) is 18.2 Å². The van der Waals surface area contributed by atoms with Crippen LogP contribution in [0.1, 0.15) is 61.3 Å². The van der Waals surface area contributed by atoms with Crippen LogP contribution in [0.3, 0.4) is 0 Å². The lowest BCUT2D eigenvalue weighted by atomic mass is 9.91. The molecule has 1 aromatic rings. The molecule has 0 bridgehead atoms. The van der Waals surface area contributed by atoms with Crippen LogP contribution in [0.15, 0.2) is 35.9 Å². The highest BCUT2D eigenvalue weighted by molar-refractivity contribution is 6.21. The average Bonchev–Trinajstić information content (AvgIpc) is 2.94. The molecule has 0 saturated carbocycles. The molecule has 0 spiro atoms. The third-order valence-electron chi connectivity index (χ3n) is 4.94. The molecule has 0 saturated heterocycles. The highest BCUT2D eigenvalue weighted by Gasteiger charge is 2.41. The Hall–Kier alpha value is -2.31. The van der Waals surface area contributed by atoms with Crippen LogP contribution in [0.2, 0.25) is 0 Å². The van der Waals surface area contributed by atoms with Gasteiger partial charge in [0.15, 0.2) is 5.78 Å². The molecule has 1 unspecified atom stereocenters. The molecule has 2 aliphatic heterocycles. The molecular formula is C20H25N3O3. The van der Waals surface area contributed by atoms with Crippen molar-refractivity contribution in [1.29, 1.82) is 0 Å². The molecule has 0 radical (unpaired) electrons. The van der Waals surface area contributed by atoms with Crippen molar-refractivity contribution >= 4 is 17.6 Å². The minimum Gasteiger partial charge on any atom is -0.311 e. The number of carbonyl (C=O) groups is 3. The van der Waals surface area contributed by atoms with Crippen LogP contribution < -0.4 is 11.1 Å². The standard InChI is InChI=1S/C20H25N3O3/c1-19(2)11-14(20(3,4)22-19)15(24)9-10-16(21)23-17(25)12-7-5-6-8-13(12)18(23)26/h5-8,11,16,22H,9-10,21H2,1-4H3. The Morgan fingerprint density at radius 3 is 2.12 bits per heavy atom. The van der Waals surface area contributed by atoms with Crippen LogP contribution in [-0.4, -0.2) is 39.7 Å². The fourth-order valence-corrected chi connectivity index (χ4v) is 3.93. The number of amides is 2. The maximum Gasteiger partial charge on any atom is 0.262 e. The number of rotatable bonds is 5. The first-order valence-corrected chi connectivity index (χ1v) is 8.82. The SMILES string of the molecule is CC1(C)C=C(C(=O)CCC(N)N2C(=O)c3ccccc3C2=O)C(C)(C)N1. The Labute approximate surface area is 153 Å². The third-order valence-corrected chi connectivity index (χ3v) is 4.94. The van der Waals surface area contributed by atoms with Crippen molar-refractivity contribution in [3.8, 4) is 0 Å². The van der Waals surface area contributed by atoms with Crippen LogP contribution in [0.25, 0.3) is 0 Å². The van der Waals surface area contributed by atoms with Gasteiger partial charge in [0.05, 0.1) is 17.3 Å². The minimum absolute atomic E-state index is 0.0138. The van der Waals surface area contributed by atoms with E-state index in [1.807, 2.05) is 33.8 Å². The summed E-state index contributed by atoms with van der Waals surface area (Å²) in [6, 6.07) is 6.66. The van der Waals surface area contributed by atoms with Crippen LogP contribution in [0.5, 0.6) is 0 Å². The fourth-order valence-electron chi connectivity index (χ4n) is 3.93. The van der Waals surface area contributed by atoms with Crippen molar-refractivity contribution in [2.24, 2.45) is 5.73 Å². The van der Waals surface area contributed by atoms with E-state index < -0.39 is 23.5 Å². The summed E-state index contributed by atoms with van der Waals surface area (Å²) < 4.78 is 0. The summed E-state index contributed by atoms with van der Waals surface area (Å²) in [5.41, 5.74) is 6.89. The van der Waals surface area contributed by atoms with Gasteiger partial charge in [0.2, 0.25) is 0 Å². The topological polar surface area (TPSA) is 92.5 Å². The molecule has 138 valence electrons. The summed E-state index contributed by atoms with van der Waals surface area (Å²) in [4.78, 5) is 38.7. The molecule has 3 N–H and O–H groups in total. The molecule has 0 aromatic heterocycles. The van der Waals surface area contributed by atoms with Crippen molar-refractivity contribution in [3.05, 3.63) is 47.0 Å². The Bertz CT molecular complexity index is 788. The van der Waals surface area contributed by atoms with Gasteiger partial charge in [0.1, 0.15) is 0 Å². The van der Waals surface area contributed by atoms with E-state index in [1.165, 1.54) is 0 Å². The largest absolute Gasteiger partial charge is 0.311 e. The van der Waals surface area contributed by atoms with E-state index in [2.05, 4.69) is 5.32 Å². The molecule has 6 nitrogen and oxygen atoms in total. The smallest absolute Gasteiger partial charge is 0.262 e. The first-order valence-electron chi connectivity index (χ1n) is 8.82. The molecule has 2 amide bonds. The van der Waals surface area contributed by atoms with Crippen LogP contribution >= 0.6 is 0 Å². The normalized spacial score (nSPS) is 21.6. The van der Waals surface area contributed by atoms with E-state index in [-0.39, 0.29) is 24.2 Å². The Kier molecular flexibility index (Phi) is 4.37. The predicted molar refractivity (Wildman–Crippen MR) is 98.5 cm³/mol. The summed E-state index contributed by atoms with van der Waals surface area (Å²) in [6.45, 7) is 7.96. The number of Topliss-reactive ketones (excluding diaryl/α,β-unsaturated/α-hetero) is 1. The predicted octanol–water partition coefficient (Wildman–Crippen LogP) is 2.00. The van der Waals surface area contributed by atoms with E-state index in [1.54, 1.807) is 24.3 Å². The molecule has 0 fully saturated rings. The Balaban J connectivity index is 1.69. The Morgan fingerprint density at radius 2 is 1.65 bits per heavy atom. The van der Waals surface area contributed by atoms with E-state index in [0.29, 0.717) is 11.1 Å². The van der Waals surface area contributed by atoms with E-state index in [0.717, 1.165) is 10.5 Å². The number of hydrogen-bond donors (Lipinski definition) is 2. The number of hydrogen-bond acceptors (Lipinski definition) is 5. The molecular weight excluding hydrogens is 330 g/mol. The lowest BCUT2D eigenvalue weighted by molar-refractivity contribution is -0.116. The fraction of sp³-hybridized carbons (Fsp3) is 0.450. The van der Waals surface area contributed by atoms with E-state index in [4.69, 9.17) is 5.73 Å². The van der Waals surface area contributed by atoms with E-state index >= 15 is 0 Å². The van der Waals surface area contributed by atoms with Gasteiger partial charge in [-0.3, -0.25) is 24.6 Å². The number of carbonyl (C=O) groups excluding carboxylic acids is 3. The zero-order valence-electron chi connectivity index (χ0n) is 15.6. The average molecular weight is 355 g/mol. The van der Waals surface area contributed by atoms with Gasteiger partial charge >= 0.3 is 0 Å². The molecule has 1 atom stereocenters. The van der Waals surface area contributed by atoms with Crippen LogP contribution in [0.4, 0.5) is 0 Å². The van der Waals surface area contributed by atoms with Gasteiger partial charge in [-0.15, -0.1) is 0 Å². The molecule has 2 heterocycles. The highest BCUT2D eigenvalue weighted by atomic mass is 16.2. The monoisotopic (exact) mass is 355 g/mol. The maximum atomic E-state index is 12.7. The van der Waals surface area contributed by atoms with Gasteiger partial charge in [-0.2, -0.15) is 0 Å². The number of benzene rings is 1. The van der Waals surface area contributed by atoms with Crippen molar-refractivity contribution in [3.63, 3.8) is 0 Å². The molecule has 1 aromatic carbocycles. The molecule has 6 heteroatoms. The van der Waals surface area contributed by atoms with Gasteiger partial charge in [0.25, 0.3) is 11.8 Å². The maximum absolute atomic E-state index is 12.7. The number of nitrogens with two attached hydrogens (primary N) is 1. The number of fused-ring (bicyclic) bond motifs is 1. The lowest BCUT2D eigenvalue weighted by Crippen LogP contribution is -2.47. The van der Waals surface area contributed by atoms with Gasteiger partial charge < -0.3 is 5.73 Å². The van der Waals surface area contributed by atoms with Gasteiger partial charge in [-0.25, -0.2) is 0 Å². The molecule has 3 rings (SSSR count). The second kappa shape index (κ2) is 6.14. The summed E-state index contributed by atoms with van der Waals surface area (Å²) in [5, 5.41) is 3.41. The quantitative estimate of drug-likeness (QED) is 0.788. The summed E-state index contributed by atoms with van der Waals surface area (Å²) in [6.07, 6.45) is 1.54. The second-order valence-corrected chi connectivity index (χ2v) is 8.08. The van der Waals surface area contributed by atoms with E-state index in [9.17, 15) is 14.4 Å². The van der Waals surface area contributed by atoms with Crippen molar-refractivity contribution < 1.29 is 14.4 Å². The Morgan fingerprint density at radius 1 is 1.12 bits per heavy atom. The van der Waals surface area contributed by atoms with Gasteiger partial charge in [-0.05, 0) is 46.2 Å². The van der Waals surface area contributed by atoms with Crippen molar-refractivity contribution in [2.45, 2.75) is 57.8 Å². The first-order chi connectivity index (χ1) is 12.0. The summed E-state index contributed by atoms with van der Waals surface area (Å²) in [5.74, 6) is -0.803. The van der Waals surface area contributed by atoms with Crippen LogP contribution in [0, 0.1) is 0 Å². The number of nitrogens with zero attached hydrogens (tertiary/aromatic N) is 1. The summed E-state index contributed by atoms with van der Waals surface area (Å²) >= 11 is 0. The van der Waals surface area contributed by atoms with Crippen molar-refractivity contribution in [1.82, 2.24) is 10.2 Å². The van der Waals surface area contributed by atoms with Gasteiger partial charge in [0, 0.05) is 23.1 Å². The highest BCUT2D eigenvalue weighted by Crippen LogP contribution is 2.31. The number of nitrogens with one attached hydrogen (secondary N) is 1.